The van der Waals surface area contributed by atoms with Crippen molar-refractivity contribution in [2.45, 2.75) is 39.2 Å². The predicted molar refractivity (Wildman–Crippen MR) is 73.9 cm³/mol. The van der Waals surface area contributed by atoms with Crippen molar-refractivity contribution in [2.75, 3.05) is 39.3 Å². The van der Waals surface area contributed by atoms with Gasteiger partial charge in [0.15, 0.2) is 0 Å². The Morgan fingerprint density at radius 1 is 1.47 bits per heavy atom. The molecule has 0 bridgehead atoms. The summed E-state index contributed by atoms with van der Waals surface area (Å²) in [6.45, 7) is 11.5. The lowest BCUT2D eigenvalue weighted by Gasteiger charge is -2.37. The van der Waals surface area contributed by atoms with Crippen LogP contribution in [0.25, 0.3) is 0 Å². The minimum atomic E-state index is 0. The third-order valence-electron chi connectivity index (χ3n) is 3.90. The van der Waals surface area contributed by atoms with Gasteiger partial charge in [0.1, 0.15) is 0 Å². The number of halogens is 1. The number of hydrogen-bond donors (Lipinski definition) is 1. The average Bonchev–Trinajstić information content (AvgIpc) is 2.66. The van der Waals surface area contributed by atoms with Crippen molar-refractivity contribution in [3.05, 3.63) is 0 Å². The van der Waals surface area contributed by atoms with Crippen LogP contribution in [0.5, 0.6) is 0 Å². The standard InChI is InChI=1S/C13H26N2O.ClH/c1-3-4-12-9-15(7-8-16-12)11-13(2)5-6-14-10-13;/h12,14H,3-11H2,1-2H3;1H. The molecule has 102 valence electrons. The molecule has 0 aromatic heterocycles. The number of hydrogen-bond acceptors (Lipinski definition) is 3. The summed E-state index contributed by atoms with van der Waals surface area (Å²) in [6.07, 6.45) is 4.25. The van der Waals surface area contributed by atoms with Crippen molar-refractivity contribution in [2.24, 2.45) is 5.41 Å². The van der Waals surface area contributed by atoms with Crippen molar-refractivity contribution >= 4 is 12.4 Å². The number of nitrogens with zero attached hydrogens (tertiary/aromatic N) is 1. The average molecular weight is 263 g/mol. The van der Waals surface area contributed by atoms with E-state index in [0.29, 0.717) is 11.5 Å². The van der Waals surface area contributed by atoms with E-state index in [2.05, 4.69) is 24.1 Å². The SMILES string of the molecule is CCCC1CN(CC2(C)CCNC2)CCO1.Cl. The molecule has 2 unspecified atom stereocenters. The highest BCUT2D eigenvalue weighted by molar-refractivity contribution is 5.85. The lowest BCUT2D eigenvalue weighted by Crippen LogP contribution is -2.47. The van der Waals surface area contributed by atoms with Crippen LogP contribution in [-0.2, 0) is 4.74 Å². The van der Waals surface area contributed by atoms with Gasteiger partial charge in [0, 0.05) is 26.2 Å². The van der Waals surface area contributed by atoms with Gasteiger partial charge in [-0.15, -0.1) is 12.4 Å². The van der Waals surface area contributed by atoms with E-state index in [0.717, 1.165) is 19.7 Å². The highest BCUT2D eigenvalue weighted by Gasteiger charge is 2.32. The molecule has 2 rings (SSSR count). The van der Waals surface area contributed by atoms with Crippen LogP contribution in [0.3, 0.4) is 0 Å². The maximum atomic E-state index is 5.79. The summed E-state index contributed by atoms with van der Waals surface area (Å²) in [7, 11) is 0. The molecule has 0 radical (unpaired) electrons. The van der Waals surface area contributed by atoms with Crippen LogP contribution in [0.4, 0.5) is 0 Å². The monoisotopic (exact) mass is 262 g/mol. The first kappa shape index (κ1) is 15.2. The summed E-state index contributed by atoms with van der Waals surface area (Å²) >= 11 is 0. The van der Waals surface area contributed by atoms with E-state index in [-0.39, 0.29) is 12.4 Å². The molecule has 0 aromatic rings. The van der Waals surface area contributed by atoms with Crippen LogP contribution in [0.15, 0.2) is 0 Å². The van der Waals surface area contributed by atoms with Crippen molar-refractivity contribution < 1.29 is 4.74 Å². The van der Waals surface area contributed by atoms with Gasteiger partial charge in [-0.25, -0.2) is 0 Å². The van der Waals surface area contributed by atoms with E-state index < -0.39 is 0 Å². The summed E-state index contributed by atoms with van der Waals surface area (Å²) in [6, 6.07) is 0. The fourth-order valence-electron chi connectivity index (χ4n) is 2.96. The maximum Gasteiger partial charge on any atom is 0.0702 e. The molecule has 0 amide bonds. The van der Waals surface area contributed by atoms with E-state index in [4.69, 9.17) is 4.74 Å². The van der Waals surface area contributed by atoms with Gasteiger partial charge in [-0.2, -0.15) is 0 Å². The van der Waals surface area contributed by atoms with Gasteiger partial charge >= 0.3 is 0 Å². The zero-order valence-electron chi connectivity index (χ0n) is 11.2. The normalized spacial score (nSPS) is 34.6. The van der Waals surface area contributed by atoms with Gasteiger partial charge in [0.25, 0.3) is 0 Å². The molecular formula is C13H27ClN2O. The van der Waals surface area contributed by atoms with Crippen molar-refractivity contribution in [3.63, 3.8) is 0 Å². The minimum Gasteiger partial charge on any atom is -0.376 e. The number of ether oxygens (including phenoxy) is 1. The molecule has 2 saturated heterocycles. The Balaban J connectivity index is 0.00000144. The van der Waals surface area contributed by atoms with Crippen molar-refractivity contribution in [3.8, 4) is 0 Å². The Morgan fingerprint density at radius 3 is 2.94 bits per heavy atom. The lowest BCUT2D eigenvalue weighted by atomic mass is 9.89. The summed E-state index contributed by atoms with van der Waals surface area (Å²) in [4.78, 5) is 2.61. The van der Waals surface area contributed by atoms with E-state index in [1.54, 1.807) is 0 Å². The van der Waals surface area contributed by atoms with Gasteiger partial charge in [-0.1, -0.05) is 20.3 Å². The molecule has 4 heteroatoms. The molecule has 3 nitrogen and oxygen atoms in total. The molecule has 0 saturated carbocycles. The quantitative estimate of drug-likeness (QED) is 0.838. The molecule has 2 fully saturated rings. The topological polar surface area (TPSA) is 24.5 Å². The third kappa shape index (κ3) is 4.40. The molecule has 2 heterocycles. The summed E-state index contributed by atoms with van der Waals surface area (Å²) in [5.41, 5.74) is 0.494. The molecule has 0 spiro atoms. The molecule has 17 heavy (non-hydrogen) atoms. The van der Waals surface area contributed by atoms with Crippen LogP contribution in [0.1, 0.15) is 33.1 Å². The zero-order valence-corrected chi connectivity index (χ0v) is 12.0. The fourth-order valence-corrected chi connectivity index (χ4v) is 2.96. The summed E-state index contributed by atoms with van der Waals surface area (Å²) < 4.78 is 5.79. The number of morpholine rings is 1. The predicted octanol–water partition coefficient (Wildman–Crippen LogP) is 1.91. The van der Waals surface area contributed by atoms with Crippen LogP contribution in [0.2, 0.25) is 0 Å². The summed E-state index contributed by atoms with van der Waals surface area (Å²) in [5, 5.41) is 3.48. The Kier molecular flexibility index (Phi) is 6.21. The molecule has 0 aliphatic carbocycles. The number of nitrogens with one attached hydrogen (secondary N) is 1. The van der Waals surface area contributed by atoms with Gasteiger partial charge in [0.2, 0.25) is 0 Å². The van der Waals surface area contributed by atoms with Crippen LogP contribution in [-0.4, -0.2) is 50.3 Å². The Labute approximate surface area is 112 Å². The van der Waals surface area contributed by atoms with Crippen LogP contribution in [0, 0.1) is 5.41 Å². The smallest absolute Gasteiger partial charge is 0.0702 e. The zero-order chi connectivity index (χ0) is 11.4. The second-order valence-corrected chi connectivity index (χ2v) is 5.75. The number of rotatable bonds is 4. The first-order valence-corrected chi connectivity index (χ1v) is 6.76. The Morgan fingerprint density at radius 2 is 2.29 bits per heavy atom. The van der Waals surface area contributed by atoms with Gasteiger partial charge in [-0.3, -0.25) is 4.90 Å². The van der Waals surface area contributed by atoms with Gasteiger partial charge in [0.05, 0.1) is 12.7 Å². The maximum absolute atomic E-state index is 5.79. The van der Waals surface area contributed by atoms with Crippen LogP contribution >= 0.6 is 12.4 Å². The Bertz CT molecular complexity index is 217. The van der Waals surface area contributed by atoms with Crippen molar-refractivity contribution in [1.29, 1.82) is 0 Å². The highest BCUT2D eigenvalue weighted by Crippen LogP contribution is 2.26. The highest BCUT2D eigenvalue weighted by atomic mass is 35.5. The third-order valence-corrected chi connectivity index (χ3v) is 3.90. The Hall–Kier alpha value is 0.170. The van der Waals surface area contributed by atoms with E-state index in [9.17, 15) is 0 Å². The van der Waals surface area contributed by atoms with Crippen molar-refractivity contribution in [1.82, 2.24) is 10.2 Å². The molecule has 2 atom stereocenters. The second kappa shape index (κ2) is 6.93. The molecular weight excluding hydrogens is 236 g/mol. The van der Waals surface area contributed by atoms with E-state index in [1.165, 1.54) is 38.9 Å². The first-order valence-electron chi connectivity index (χ1n) is 6.76. The molecule has 2 aliphatic heterocycles. The molecule has 2 aliphatic rings. The van der Waals surface area contributed by atoms with E-state index in [1.807, 2.05) is 0 Å². The van der Waals surface area contributed by atoms with Gasteiger partial charge < -0.3 is 10.1 Å². The second-order valence-electron chi connectivity index (χ2n) is 5.75. The van der Waals surface area contributed by atoms with Gasteiger partial charge in [-0.05, 0) is 24.8 Å². The first-order chi connectivity index (χ1) is 7.72. The van der Waals surface area contributed by atoms with Crippen LogP contribution < -0.4 is 5.32 Å². The molecule has 1 N–H and O–H groups in total. The summed E-state index contributed by atoms with van der Waals surface area (Å²) in [5.74, 6) is 0. The largest absolute Gasteiger partial charge is 0.376 e. The molecule has 0 aromatic carbocycles. The van der Waals surface area contributed by atoms with E-state index >= 15 is 0 Å². The fraction of sp³-hybridized carbons (Fsp3) is 1.00. The lowest BCUT2D eigenvalue weighted by molar-refractivity contribution is -0.0418. The minimum absolute atomic E-state index is 0.